The molecule has 0 fully saturated rings. The number of carbonyl (C=O) groups is 1. The Labute approximate surface area is 144 Å². The molecule has 1 amide bonds. The minimum atomic E-state index is -0.358. The topological polar surface area (TPSA) is 80.4 Å². The van der Waals surface area contributed by atoms with Crippen molar-refractivity contribution in [1.29, 1.82) is 0 Å². The molecular weight excluding hydrogens is 320 g/mol. The van der Waals surface area contributed by atoms with Crippen LogP contribution in [0.1, 0.15) is 15.9 Å². The van der Waals surface area contributed by atoms with Gasteiger partial charge in [0.2, 0.25) is 0 Å². The van der Waals surface area contributed by atoms with Crippen LogP contribution in [0.3, 0.4) is 0 Å². The highest BCUT2D eigenvalue weighted by atomic mass is 16.5. The third kappa shape index (κ3) is 3.19. The van der Waals surface area contributed by atoms with Crippen LogP contribution in [0, 0.1) is 6.92 Å². The smallest absolute Gasteiger partial charge is 0.263 e. The molecule has 6 nitrogen and oxygen atoms in total. The van der Waals surface area contributed by atoms with Crippen LogP contribution in [0.4, 0.5) is 5.69 Å². The molecule has 1 heterocycles. The van der Waals surface area contributed by atoms with Gasteiger partial charge >= 0.3 is 0 Å². The number of anilines is 1. The Morgan fingerprint density at radius 2 is 1.72 bits per heavy atom. The molecule has 0 aliphatic heterocycles. The molecule has 2 N–H and O–H groups in total. The maximum atomic E-state index is 12.7. The Hall–Kier alpha value is -3.28. The van der Waals surface area contributed by atoms with Crippen LogP contribution in [0.2, 0.25) is 0 Å². The summed E-state index contributed by atoms with van der Waals surface area (Å²) in [5.74, 6) is 0.478. The van der Waals surface area contributed by atoms with Crippen molar-refractivity contribution in [2.75, 3.05) is 19.5 Å². The van der Waals surface area contributed by atoms with Gasteiger partial charge in [-0.2, -0.15) is 0 Å². The Morgan fingerprint density at radius 3 is 2.36 bits per heavy atom. The van der Waals surface area contributed by atoms with Crippen molar-refractivity contribution in [1.82, 2.24) is 4.98 Å². The molecule has 128 valence electrons. The van der Waals surface area contributed by atoms with E-state index in [9.17, 15) is 9.59 Å². The van der Waals surface area contributed by atoms with Gasteiger partial charge in [-0.25, -0.2) is 0 Å². The Bertz CT molecular complexity index is 986. The minimum absolute atomic E-state index is 0.151. The number of H-pyrrole nitrogens is 1. The molecule has 0 saturated carbocycles. The van der Waals surface area contributed by atoms with E-state index in [1.165, 1.54) is 14.2 Å². The number of amides is 1. The number of benzene rings is 2. The molecule has 0 aliphatic rings. The van der Waals surface area contributed by atoms with Gasteiger partial charge in [-0.3, -0.25) is 9.59 Å². The summed E-state index contributed by atoms with van der Waals surface area (Å²) in [7, 11) is 2.99. The average Bonchev–Trinajstić information content (AvgIpc) is 2.62. The highest BCUT2D eigenvalue weighted by Crippen LogP contribution is 2.29. The molecule has 1 aromatic heterocycles. The van der Waals surface area contributed by atoms with Gasteiger partial charge in [-0.15, -0.1) is 0 Å². The first-order valence-electron chi connectivity index (χ1n) is 7.69. The molecule has 3 aromatic rings. The van der Waals surface area contributed by atoms with Crippen LogP contribution in [-0.4, -0.2) is 25.1 Å². The zero-order valence-corrected chi connectivity index (χ0v) is 14.2. The fourth-order valence-electron chi connectivity index (χ4n) is 2.66. The SMILES string of the molecule is COc1cccc(OC)c1C(=O)Nc1ccc2cc(C)c(=O)[nH]c2c1. The predicted octanol–water partition coefficient (Wildman–Crippen LogP) is 3.11. The Morgan fingerprint density at radius 1 is 1.04 bits per heavy atom. The van der Waals surface area contributed by atoms with Crippen LogP contribution in [-0.2, 0) is 0 Å². The van der Waals surface area contributed by atoms with E-state index in [-0.39, 0.29) is 11.5 Å². The number of aromatic nitrogens is 1. The van der Waals surface area contributed by atoms with E-state index >= 15 is 0 Å². The standard InChI is InChI=1S/C19H18N2O4/c1-11-9-12-7-8-13(10-14(12)21-18(11)22)20-19(23)17-15(24-2)5-4-6-16(17)25-3/h4-10H,1-3H3,(H,20,23)(H,21,22). The van der Waals surface area contributed by atoms with E-state index in [2.05, 4.69) is 10.3 Å². The number of carbonyl (C=O) groups excluding carboxylic acids is 1. The molecule has 3 rings (SSSR count). The van der Waals surface area contributed by atoms with Crippen molar-refractivity contribution < 1.29 is 14.3 Å². The lowest BCUT2D eigenvalue weighted by Gasteiger charge is -2.13. The van der Waals surface area contributed by atoms with E-state index in [0.29, 0.717) is 33.8 Å². The fraction of sp³-hybridized carbons (Fsp3) is 0.158. The van der Waals surface area contributed by atoms with Gasteiger partial charge in [0.05, 0.1) is 19.7 Å². The number of pyridine rings is 1. The third-order valence-electron chi connectivity index (χ3n) is 3.94. The third-order valence-corrected chi connectivity index (χ3v) is 3.94. The second-order valence-electron chi connectivity index (χ2n) is 5.58. The van der Waals surface area contributed by atoms with Crippen LogP contribution in [0.25, 0.3) is 10.9 Å². The van der Waals surface area contributed by atoms with E-state index in [1.54, 1.807) is 37.3 Å². The number of methoxy groups -OCH3 is 2. The highest BCUT2D eigenvalue weighted by molar-refractivity contribution is 6.08. The quantitative estimate of drug-likeness (QED) is 0.766. The molecule has 0 atom stereocenters. The molecule has 25 heavy (non-hydrogen) atoms. The summed E-state index contributed by atoms with van der Waals surface area (Å²) >= 11 is 0. The summed E-state index contributed by atoms with van der Waals surface area (Å²) in [4.78, 5) is 27.3. The number of fused-ring (bicyclic) bond motifs is 1. The summed E-state index contributed by atoms with van der Waals surface area (Å²) in [5, 5.41) is 3.71. The van der Waals surface area contributed by atoms with E-state index in [1.807, 2.05) is 12.1 Å². The van der Waals surface area contributed by atoms with E-state index in [4.69, 9.17) is 9.47 Å². The summed E-state index contributed by atoms with van der Waals surface area (Å²) in [6.45, 7) is 1.75. The van der Waals surface area contributed by atoms with Gasteiger partial charge in [0.1, 0.15) is 17.1 Å². The summed E-state index contributed by atoms with van der Waals surface area (Å²) < 4.78 is 10.5. The van der Waals surface area contributed by atoms with E-state index in [0.717, 1.165) is 5.39 Å². The molecule has 0 saturated heterocycles. The maximum absolute atomic E-state index is 12.7. The summed E-state index contributed by atoms with van der Waals surface area (Å²) in [5.41, 5.74) is 2.01. The van der Waals surface area contributed by atoms with Gasteiger partial charge in [-0.1, -0.05) is 12.1 Å². The van der Waals surface area contributed by atoms with Crippen molar-refractivity contribution in [3.05, 3.63) is 63.9 Å². The zero-order chi connectivity index (χ0) is 18.0. The number of ether oxygens (including phenoxy) is 2. The maximum Gasteiger partial charge on any atom is 0.263 e. The average molecular weight is 338 g/mol. The normalized spacial score (nSPS) is 10.5. The number of nitrogens with one attached hydrogen (secondary N) is 2. The van der Waals surface area contributed by atoms with Crippen molar-refractivity contribution in [2.45, 2.75) is 6.92 Å². The Balaban J connectivity index is 1.97. The molecule has 6 heteroatoms. The second kappa shape index (κ2) is 6.68. The minimum Gasteiger partial charge on any atom is -0.496 e. The van der Waals surface area contributed by atoms with Gasteiger partial charge < -0.3 is 19.8 Å². The first kappa shape index (κ1) is 16.6. The lowest BCUT2D eigenvalue weighted by atomic mass is 10.1. The molecule has 0 aliphatic carbocycles. The van der Waals surface area contributed by atoms with Crippen LogP contribution >= 0.6 is 0 Å². The number of aryl methyl sites for hydroxylation is 1. The molecule has 0 spiro atoms. The second-order valence-corrected chi connectivity index (χ2v) is 5.58. The number of aromatic amines is 1. The summed E-state index contributed by atoms with van der Waals surface area (Å²) in [6.07, 6.45) is 0. The van der Waals surface area contributed by atoms with Gasteiger partial charge in [0.15, 0.2) is 0 Å². The number of hydrogen-bond acceptors (Lipinski definition) is 4. The highest BCUT2D eigenvalue weighted by Gasteiger charge is 2.18. The lowest BCUT2D eigenvalue weighted by Crippen LogP contribution is -2.15. The van der Waals surface area contributed by atoms with Crippen LogP contribution < -0.4 is 20.3 Å². The monoisotopic (exact) mass is 338 g/mol. The molecular formula is C19H18N2O4. The Kier molecular flexibility index (Phi) is 4.43. The molecule has 2 aromatic carbocycles. The van der Waals surface area contributed by atoms with Crippen LogP contribution in [0.5, 0.6) is 11.5 Å². The van der Waals surface area contributed by atoms with Crippen LogP contribution in [0.15, 0.2) is 47.3 Å². The first-order valence-corrected chi connectivity index (χ1v) is 7.69. The van der Waals surface area contributed by atoms with Gasteiger partial charge in [0, 0.05) is 11.3 Å². The van der Waals surface area contributed by atoms with Crippen molar-refractivity contribution in [3.63, 3.8) is 0 Å². The van der Waals surface area contributed by atoms with Crippen molar-refractivity contribution >= 4 is 22.5 Å². The van der Waals surface area contributed by atoms with Crippen molar-refractivity contribution in [3.8, 4) is 11.5 Å². The predicted molar refractivity (Wildman–Crippen MR) is 96.8 cm³/mol. The van der Waals surface area contributed by atoms with Crippen molar-refractivity contribution in [2.24, 2.45) is 0 Å². The van der Waals surface area contributed by atoms with E-state index < -0.39 is 0 Å². The first-order chi connectivity index (χ1) is 12.0. The van der Waals surface area contributed by atoms with Gasteiger partial charge in [-0.05, 0) is 42.6 Å². The summed E-state index contributed by atoms with van der Waals surface area (Å²) in [6, 6.07) is 12.3. The largest absolute Gasteiger partial charge is 0.496 e. The molecule has 0 bridgehead atoms. The zero-order valence-electron chi connectivity index (χ0n) is 14.2. The molecule has 0 radical (unpaired) electrons. The fourth-order valence-corrected chi connectivity index (χ4v) is 2.66. The number of rotatable bonds is 4. The molecule has 0 unspecified atom stereocenters. The number of hydrogen-bond donors (Lipinski definition) is 2. The lowest BCUT2D eigenvalue weighted by molar-refractivity contribution is 0.102. The van der Waals surface area contributed by atoms with Gasteiger partial charge in [0.25, 0.3) is 11.5 Å².